The molecule has 8 nitrogen and oxygen atoms in total. The summed E-state index contributed by atoms with van der Waals surface area (Å²) in [6.45, 7) is 32.9. The number of hydrogen-bond donors (Lipinski definition) is 0. The molecule has 0 saturated heterocycles. The van der Waals surface area contributed by atoms with Crippen LogP contribution in [0.3, 0.4) is 0 Å². The summed E-state index contributed by atoms with van der Waals surface area (Å²) in [5.41, 5.74) is 14.0. The molecule has 0 aliphatic heterocycles. The molecule has 0 N–H and O–H groups in total. The molecule has 3 aromatic carbocycles. The van der Waals surface area contributed by atoms with Crippen LogP contribution in [-0.4, -0.2) is 53.6 Å². The minimum absolute atomic E-state index is 0.250. The summed E-state index contributed by atoms with van der Waals surface area (Å²) in [7, 11) is -4.58. The van der Waals surface area contributed by atoms with E-state index in [1.807, 2.05) is 60.7 Å². The van der Waals surface area contributed by atoms with E-state index in [0.29, 0.717) is 65.7 Å². The molecule has 3 atom stereocenters. The first-order valence-corrected chi connectivity index (χ1v) is 27.9. The minimum atomic E-state index is -2.45. The van der Waals surface area contributed by atoms with Crippen LogP contribution in [0.2, 0.25) is 33.2 Å². The van der Waals surface area contributed by atoms with Gasteiger partial charge in [0.15, 0.2) is 0 Å². The van der Waals surface area contributed by atoms with Gasteiger partial charge in [0.05, 0.1) is 19.3 Å². The largest absolute Gasteiger partial charge is 0.461 e. The Morgan fingerprint density at radius 3 is 1.49 bits per heavy atom. The van der Waals surface area contributed by atoms with Gasteiger partial charge in [-0.05, 0) is 80.8 Å². The SMILES string of the molecule is C/C(=C/CO[Si](C(C)C)(C(C)C)C(C)C)[C@H](O[Si](C(C)C)(C(C)C)C(C)C)[C@@H](C)[C@H](C/C=C/COC(c1ccccc1)(c1ccccc1)c1ccccc1)OC(=O)C1(N=[N+]=[N-])CC1. The summed E-state index contributed by atoms with van der Waals surface area (Å²) in [5.74, 6) is -0.719. The zero-order chi connectivity index (χ0) is 46.6. The van der Waals surface area contributed by atoms with Gasteiger partial charge in [-0.25, -0.2) is 0 Å². The number of rotatable bonds is 25. The predicted octanol–water partition coefficient (Wildman–Crippen LogP) is 15.0. The quantitative estimate of drug-likeness (QED) is 0.0160. The minimum Gasteiger partial charge on any atom is -0.461 e. The molecule has 344 valence electrons. The zero-order valence-electron chi connectivity index (χ0n) is 41.0. The lowest BCUT2D eigenvalue weighted by molar-refractivity contribution is -0.155. The van der Waals surface area contributed by atoms with E-state index in [-0.39, 0.29) is 12.0 Å². The Labute approximate surface area is 383 Å². The van der Waals surface area contributed by atoms with Gasteiger partial charge < -0.3 is 18.3 Å². The predicted molar refractivity (Wildman–Crippen MR) is 266 cm³/mol. The molecule has 0 spiro atoms. The molecule has 1 fully saturated rings. The van der Waals surface area contributed by atoms with Gasteiger partial charge in [-0.1, -0.05) is 204 Å². The van der Waals surface area contributed by atoms with Gasteiger partial charge in [-0.15, -0.1) is 0 Å². The number of carbonyl (C=O) groups is 1. The maximum absolute atomic E-state index is 14.0. The second kappa shape index (κ2) is 22.9. The Bertz CT molecular complexity index is 1830. The van der Waals surface area contributed by atoms with E-state index in [0.717, 1.165) is 22.3 Å². The molecule has 1 saturated carbocycles. The summed E-state index contributed by atoms with van der Waals surface area (Å²) in [5, 5.41) is 3.94. The number of nitrogens with zero attached hydrogens (tertiary/aromatic N) is 3. The molecule has 0 heterocycles. The van der Waals surface area contributed by atoms with Crippen LogP contribution in [0.5, 0.6) is 0 Å². The molecule has 1 aliphatic carbocycles. The Morgan fingerprint density at radius 2 is 1.11 bits per heavy atom. The topological polar surface area (TPSA) is 103 Å². The summed E-state index contributed by atoms with van der Waals surface area (Å²) in [4.78, 5) is 17.0. The van der Waals surface area contributed by atoms with E-state index >= 15 is 0 Å². The van der Waals surface area contributed by atoms with E-state index in [4.69, 9.17) is 18.3 Å². The lowest BCUT2D eigenvalue weighted by Crippen LogP contribution is -2.53. The Hall–Kier alpha value is -3.77. The van der Waals surface area contributed by atoms with Crippen molar-refractivity contribution in [2.24, 2.45) is 11.0 Å². The van der Waals surface area contributed by atoms with E-state index in [9.17, 15) is 10.3 Å². The van der Waals surface area contributed by atoms with Crippen LogP contribution < -0.4 is 0 Å². The summed E-state index contributed by atoms with van der Waals surface area (Å²) in [6, 6.07) is 31.1. The van der Waals surface area contributed by atoms with Crippen molar-refractivity contribution in [3.63, 3.8) is 0 Å². The van der Waals surface area contributed by atoms with Crippen LogP contribution in [0.1, 0.15) is 133 Å². The average molecular weight is 894 g/mol. The maximum Gasteiger partial charge on any atom is 0.318 e. The molecule has 0 aromatic heterocycles. The second-order valence-corrected chi connectivity index (χ2v) is 30.6. The molecular formula is C53H79N3O5Si2. The van der Waals surface area contributed by atoms with Crippen molar-refractivity contribution in [1.82, 2.24) is 0 Å². The van der Waals surface area contributed by atoms with Gasteiger partial charge in [-0.2, -0.15) is 0 Å². The molecule has 0 radical (unpaired) electrons. The van der Waals surface area contributed by atoms with Gasteiger partial charge in [0.25, 0.3) is 0 Å². The van der Waals surface area contributed by atoms with E-state index in [1.165, 1.54) is 0 Å². The van der Waals surface area contributed by atoms with Crippen molar-refractivity contribution < 1.29 is 23.1 Å². The smallest absolute Gasteiger partial charge is 0.318 e. The molecule has 3 aromatic rings. The highest BCUT2D eigenvalue weighted by molar-refractivity contribution is 6.78. The highest BCUT2D eigenvalue weighted by Crippen LogP contribution is 2.47. The van der Waals surface area contributed by atoms with Crippen molar-refractivity contribution in [2.45, 2.75) is 173 Å². The standard InChI is InChI=1S/C53H79N3O5Si2/c1-38(2)62(39(3)4,40(5)6)59-37-33-44(13)50(61-63(41(7)8,42(9)10)43(11)12)45(14)49(60-51(57)52(34-35-52)55-56-54)32-24-25-36-58-53(46-26-18-15-19-27-46,47-28-20-16-21-29-47)48-30-22-17-23-31-48/h15-31,33,38-43,45,49-50H,32,34-37H2,1-14H3/b25-24+,44-33-/t45-,49-,50-/m0/s1. The number of hydrogen-bond acceptors (Lipinski definition) is 6. The molecule has 63 heavy (non-hydrogen) atoms. The first-order chi connectivity index (χ1) is 29.9. The number of benzene rings is 3. The number of ether oxygens (including phenoxy) is 2. The van der Waals surface area contributed by atoms with Gasteiger partial charge in [0, 0.05) is 17.3 Å². The third-order valence-electron chi connectivity index (χ3n) is 14.1. The molecular weight excluding hydrogens is 815 g/mol. The maximum atomic E-state index is 14.0. The average Bonchev–Trinajstić information content (AvgIpc) is 4.04. The first-order valence-electron chi connectivity index (χ1n) is 23.6. The zero-order valence-corrected chi connectivity index (χ0v) is 43.0. The normalized spacial score (nSPS) is 16.3. The van der Waals surface area contributed by atoms with E-state index < -0.39 is 39.8 Å². The van der Waals surface area contributed by atoms with Crippen LogP contribution in [0.15, 0.2) is 120 Å². The van der Waals surface area contributed by atoms with E-state index in [1.54, 1.807) is 0 Å². The molecule has 1 aliphatic rings. The number of esters is 1. The molecule has 0 bridgehead atoms. The summed E-state index contributed by atoms with van der Waals surface area (Å²) < 4.78 is 28.4. The third-order valence-corrected chi connectivity index (χ3v) is 26.2. The van der Waals surface area contributed by atoms with Crippen molar-refractivity contribution in [1.29, 1.82) is 0 Å². The Balaban J connectivity index is 1.76. The van der Waals surface area contributed by atoms with Crippen LogP contribution in [-0.2, 0) is 28.7 Å². The van der Waals surface area contributed by atoms with Crippen molar-refractivity contribution in [2.75, 3.05) is 13.2 Å². The number of azide groups is 1. The van der Waals surface area contributed by atoms with Crippen LogP contribution in [0.25, 0.3) is 10.4 Å². The van der Waals surface area contributed by atoms with Gasteiger partial charge in [0.1, 0.15) is 17.2 Å². The molecule has 0 amide bonds. The Morgan fingerprint density at radius 1 is 0.683 bits per heavy atom. The monoisotopic (exact) mass is 894 g/mol. The summed E-state index contributed by atoms with van der Waals surface area (Å²) in [6.07, 6.45) is 6.79. The van der Waals surface area contributed by atoms with Crippen LogP contribution in [0.4, 0.5) is 0 Å². The van der Waals surface area contributed by atoms with Crippen LogP contribution >= 0.6 is 0 Å². The van der Waals surface area contributed by atoms with Gasteiger partial charge in [0.2, 0.25) is 16.6 Å². The molecule has 4 rings (SSSR count). The van der Waals surface area contributed by atoms with E-state index in [2.05, 4.69) is 156 Å². The van der Waals surface area contributed by atoms with Gasteiger partial charge >= 0.3 is 5.97 Å². The fourth-order valence-electron chi connectivity index (χ4n) is 10.8. The molecule has 0 unspecified atom stereocenters. The highest BCUT2D eigenvalue weighted by Gasteiger charge is 2.53. The first kappa shape index (κ1) is 51.9. The van der Waals surface area contributed by atoms with Crippen molar-refractivity contribution >= 4 is 22.6 Å². The molecule has 10 heteroatoms. The third kappa shape index (κ3) is 11.6. The Kier molecular flexibility index (Phi) is 18.9. The lowest BCUT2D eigenvalue weighted by Gasteiger charge is -2.47. The fourth-order valence-corrected chi connectivity index (χ4v) is 21.8. The number of carbonyl (C=O) groups excluding carboxylic acids is 1. The lowest BCUT2D eigenvalue weighted by atomic mass is 9.80. The second-order valence-electron chi connectivity index (χ2n) is 19.8. The van der Waals surface area contributed by atoms with Crippen molar-refractivity contribution in [3.8, 4) is 0 Å². The fraction of sp³-hybridized carbons (Fsp3) is 0.566. The van der Waals surface area contributed by atoms with Crippen molar-refractivity contribution in [3.05, 3.63) is 142 Å². The highest BCUT2D eigenvalue weighted by atomic mass is 28.4. The van der Waals surface area contributed by atoms with Gasteiger partial charge in [-0.3, -0.25) is 4.79 Å². The summed E-state index contributed by atoms with van der Waals surface area (Å²) >= 11 is 0. The van der Waals surface area contributed by atoms with Crippen LogP contribution in [0, 0.1) is 5.92 Å².